The van der Waals surface area contributed by atoms with E-state index in [9.17, 15) is 0 Å². The Balaban J connectivity index is 4.51. The molecule has 0 saturated carbocycles. The molecule has 0 aromatic heterocycles. The first kappa shape index (κ1) is 10.1. The molecule has 0 aliphatic heterocycles. The molecule has 0 radical (unpaired) electrons. The second-order valence-corrected chi connectivity index (χ2v) is 3.10. The van der Waals surface area contributed by atoms with E-state index in [4.69, 9.17) is 5.84 Å². The van der Waals surface area contributed by atoms with Gasteiger partial charge in [0.15, 0.2) is 0 Å². The minimum atomic E-state index is -0.247. The van der Waals surface area contributed by atoms with Crippen LogP contribution in [0.3, 0.4) is 0 Å². The molecule has 2 N–H and O–H groups in total. The second kappa shape index (κ2) is 4.11. The summed E-state index contributed by atoms with van der Waals surface area (Å²) in [6.07, 6.45) is 3.97. The summed E-state index contributed by atoms with van der Waals surface area (Å²) in [5.74, 6) is 5.42. The van der Waals surface area contributed by atoms with Gasteiger partial charge in [0, 0.05) is 0 Å². The van der Waals surface area contributed by atoms with E-state index in [2.05, 4.69) is 24.2 Å². The van der Waals surface area contributed by atoms with Crippen molar-refractivity contribution in [3.05, 3.63) is 12.2 Å². The van der Waals surface area contributed by atoms with Gasteiger partial charge in [-0.25, -0.2) is 0 Å². The highest BCUT2D eigenvalue weighted by Crippen LogP contribution is 2.22. The van der Waals surface area contributed by atoms with E-state index in [1.54, 1.807) is 0 Å². The first-order valence-electron chi connectivity index (χ1n) is 3.82. The fraction of sp³-hybridized carbons (Fsp3) is 0.750. The zero-order chi connectivity index (χ0) is 8.91. The van der Waals surface area contributed by atoms with Gasteiger partial charge in [-0.15, -0.1) is 0 Å². The summed E-state index contributed by atoms with van der Waals surface area (Å²) in [6.45, 7) is 8.16. The fourth-order valence-corrected chi connectivity index (χ4v) is 0.803. The molecule has 3 nitrogen and oxygen atoms in total. The van der Waals surface area contributed by atoms with Crippen LogP contribution in [0.25, 0.3) is 0 Å². The van der Waals surface area contributed by atoms with Crippen LogP contribution in [-0.4, -0.2) is 5.54 Å². The van der Waals surface area contributed by atoms with Crippen molar-refractivity contribution in [1.82, 2.24) is 0 Å². The van der Waals surface area contributed by atoms with Crippen LogP contribution >= 0.6 is 0 Å². The van der Waals surface area contributed by atoms with Crippen molar-refractivity contribution in [3.63, 3.8) is 0 Å². The highest BCUT2D eigenvalue weighted by atomic mass is 15.3. The van der Waals surface area contributed by atoms with Gasteiger partial charge >= 0.3 is 0 Å². The maximum Gasteiger partial charge on any atom is 0.101 e. The van der Waals surface area contributed by atoms with E-state index in [1.807, 2.05) is 26.0 Å². The number of allylic oxidation sites excluding steroid dienone is 1. The van der Waals surface area contributed by atoms with E-state index in [-0.39, 0.29) is 5.54 Å². The third-order valence-corrected chi connectivity index (χ3v) is 1.95. The molecule has 1 unspecified atom stereocenters. The molecule has 64 valence electrons. The topological polar surface area (TPSA) is 50.7 Å². The summed E-state index contributed by atoms with van der Waals surface area (Å²) >= 11 is 0. The molecular weight excluding hydrogens is 138 g/mol. The Morgan fingerprint density at radius 2 is 2.00 bits per heavy atom. The van der Waals surface area contributed by atoms with Crippen LogP contribution in [-0.2, 0) is 0 Å². The molecule has 11 heavy (non-hydrogen) atoms. The van der Waals surface area contributed by atoms with Crippen molar-refractivity contribution in [1.29, 1.82) is 0 Å². The van der Waals surface area contributed by atoms with Crippen molar-refractivity contribution in [3.8, 4) is 0 Å². The summed E-state index contributed by atoms with van der Waals surface area (Å²) in [5.41, 5.74) is -0.247. The van der Waals surface area contributed by atoms with Crippen molar-refractivity contribution in [2.24, 2.45) is 22.1 Å². The first-order chi connectivity index (χ1) is 5.06. The van der Waals surface area contributed by atoms with Crippen molar-refractivity contribution in [2.45, 2.75) is 33.2 Å². The molecule has 0 aliphatic rings. The Morgan fingerprint density at radius 1 is 1.45 bits per heavy atom. The summed E-state index contributed by atoms with van der Waals surface area (Å²) in [7, 11) is 0. The van der Waals surface area contributed by atoms with Crippen LogP contribution < -0.4 is 5.84 Å². The van der Waals surface area contributed by atoms with Crippen molar-refractivity contribution >= 4 is 0 Å². The van der Waals surface area contributed by atoms with Gasteiger partial charge in [-0.05, 0) is 19.8 Å². The standard InChI is InChI=1S/C8H17N3/c1-5-6-8(4,7(2)3)10-11-9/h5-7H,1-4H3,(H2,9,10)/b6-5-. The molecule has 0 heterocycles. The van der Waals surface area contributed by atoms with Crippen LogP contribution in [0.1, 0.15) is 27.7 Å². The average molecular weight is 155 g/mol. The molecule has 0 aliphatic carbocycles. The summed E-state index contributed by atoms with van der Waals surface area (Å²) in [6, 6.07) is 0. The van der Waals surface area contributed by atoms with E-state index in [0.29, 0.717) is 5.92 Å². The van der Waals surface area contributed by atoms with Crippen LogP contribution in [0.15, 0.2) is 22.5 Å². The van der Waals surface area contributed by atoms with Gasteiger partial charge < -0.3 is 5.84 Å². The molecule has 0 amide bonds. The Bertz CT molecular complexity index is 147. The van der Waals surface area contributed by atoms with Gasteiger partial charge in [-0.1, -0.05) is 31.2 Å². The first-order valence-corrected chi connectivity index (χ1v) is 3.82. The largest absolute Gasteiger partial charge is 0.305 e. The molecule has 0 aromatic rings. The van der Waals surface area contributed by atoms with Crippen LogP contribution in [0, 0.1) is 5.92 Å². The van der Waals surface area contributed by atoms with E-state index >= 15 is 0 Å². The molecule has 0 aromatic carbocycles. The van der Waals surface area contributed by atoms with Crippen molar-refractivity contribution in [2.75, 3.05) is 0 Å². The minimum absolute atomic E-state index is 0.247. The number of nitrogens with zero attached hydrogens (tertiary/aromatic N) is 2. The van der Waals surface area contributed by atoms with Gasteiger partial charge in [-0.2, -0.15) is 5.11 Å². The van der Waals surface area contributed by atoms with E-state index in [1.165, 1.54) is 0 Å². The molecule has 0 saturated heterocycles. The molecule has 0 rings (SSSR count). The Labute approximate surface area is 68.4 Å². The maximum absolute atomic E-state index is 5.01. The predicted molar refractivity (Wildman–Crippen MR) is 47.1 cm³/mol. The van der Waals surface area contributed by atoms with Gasteiger partial charge in [0.25, 0.3) is 0 Å². The highest BCUT2D eigenvalue weighted by molar-refractivity contribution is 5.04. The molecule has 3 heteroatoms. The number of hydrogen-bond acceptors (Lipinski definition) is 2. The zero-order valence-corrected chi connectivity index (χ0v) is 7.70. The summed E-state index contributed by atoms with van der Waals surface area (Å²) < 4.78 is 0. The van der Waals surface area contributed by atoms with Gasteiger partial charge in [0.05, 0.1) is 0 Å². The smallest absolute Gasteiger partial charge is 0.101 e. The lowest BCUT2D eigenvalue weighted by molar-refractivity contribution is 0.401. The number of hydrogen-bond donors (Lipinski definition) is 1. The number of rotatable bonds is 3. The Hall–Kier alpha value is -0.860. The lowest BCUT2D eigenvalue weighted by atomic mass is 9.89. The number of nitrogens with two attached hydrogens (primary N) is 1. The maximum atomic E-state index is 5.01. The summed E-state index contributed by atoms with van der Waals surface area (Å²) in [4.78, 5) is 0. The van der Waals surface area contributed by atoms with Gasteiger partial charge in [-0.3, -0.25) is 0 Å². The van der Waals surface area contributed by atoms with Crippen LogP contribution in [0.2, 0.25) is 0 Å². The minimum Gasteiger partial charge on any atom is -0.305 e. The zero-order valence-electron chi connectivity index (χ0n) is 7.70. The quantitative estimate of drug-likeness (QED) is 0.289. The van der Waals surface area contributed by atoms with Crippen molar-refractivity contribution < 1.29 is 0 Å². The molecule has 0 fully saturated rings. The highest BCUT2D eigenvalue weighted by Gasteiger charge is 2.24. The Kier molecular flexibility index (Phi) is 3.79. The lowest BCUT2D eigenvalue weighted by Crippen LogP contribution is -2.25. The third-order valence-electron chi connectivity index (χ3n) is 1.95. The SMILES string of the molecule is C/C=C\C(C)(N=NN)C(C)C. The average Bonchev–Trinajstić information content (AvgIpc) is 1.88. The summed E-state index contributed by atoms with van der Waals surface area (Å²) in [5, 5.41) is 7.28. The Morgan fingerprint density at radius 3 is 2.27 bits per heavy atom. The fourth-order valence-electron chi connectivity index (χ4n) is 0.803. The monoisotopic (exact) mass is 155 g/mol. The lowest BCUT2D eigenvalue weighted by Gasteiger charge is -2.23. The molecule has 0 bridgehead atoms. The van der Waals surface area contributed by atoms with E-state index in [0.717, 1.165) is 0 Å². The normalized spacial score (nSPS) is 18.3. The van der Waals surface area contributed by atoms with Crippen LogP contribution in [0.5, 0.6) is 0 Å². The molecular formula is C8H17N3. The van der Waals surface area contributed by atoms with Crippen LogP contribution in [0.4, 0.5) is 0 Å². The predicted octanol–water partition coefficient (Wildman–Crippen LogP) is 2.30. The van der Waals surface area contributed by atoms with Gasteiger partial charge in [0.1, 0.15) is 5.54 Å². The van der Waals surface area contributed by atoms with E-state index < -0.39 is 0 Å². The molecule has 1 atom stereocenters. The van der Waals surface area contributed by atoms with Gasteiger partial charge in [0.2, 0.25) is 0 Å². The third kappa shape index (κ3) is 2.70. The molecule has 0 spiro atoms. The second-order valence-electron chi connectivity index (χ2n) is 3.10.